The first-order chi connectivity index (χ1) is 5.52. The van der Waals surface area contributed by atoms with Gasteiger partial charge in [0.1, 0.15) is 5.60 Å². The van der Waals surface area contributed by atoms with Crippen molar-refractivity contribution in [3.05, 3.63) is 0 Å². The summed E-state index contributed by atoms with van der Waals surface area (Å²) in [4.78, 5) is 20.8. The van der Waals surface area contributed by atoms with E-state index in [0.29, 0.717) is 13.0 Å². The van der Waals surface area contributed by atoms with Gasteiger partial charge in [0.25, 0.3) is 0 Å². The Hall–Kier alpha value is -1.26. The van der Waals surface area contributed by atoms with Crippen LogP contribution in [0, 0.1) is 0 Å². The largest absolute Gasteiger partial charge is 0.481 e. The molecule has 0 aromatic carbocycles. The van der Waals surface area contributed by atoms with Crippen LogP contribution in [0.15, 0.2) is 0 Å². The summed E-state index contributed by atoms with van der Waals surface area (Å²) < 4.78 is 4.89. The zero-order valence-corrected chi connectivity index (χ0v) is 6.79. The van der Waals surface area contributed by atoms with Gasteiger partial charge in [-0.05, 0) is 13.3 Å². The van der Waals surface area contributed by atoms with Gasteiger partial charge in [0, 0.05) is 6.42 Å². The molecular formula is C7H11NO4. The smallest absolute Gasteiger partial charge is 0.407 e. The van der Waals surface area contributed by atoms with Gasteiger partial charge in [-0.2, -0.15) is 0 Å². The van der Waals surface area contributed by atoms with E-state index in [-0.39, 0.29) is 6.42 Å². The number of aliphatic carboxylic acids is 1. The summed E-state index contributed by atoms with van der Waals surface area (Å²) in [6.45, 7) is 2.10. The summed E-state index contributed by atoms with van der Waals surface area (Å²) in [5.41, 5.74) is -0.643. The first kappa shape index (κ1) is 8.83. The SMILES string of the molecule is CC1(CCC(=O)O)CNC(=O)O1. The van der Waals surface area contributed by atoms with Crippen LogP contribution in [0.3, 0.4) is 0 Å². The molecule has 1 fully saturated rings. The second-order valence-corrected chi connectivity index (χ2v) is 3.09. The second kappa shape index (κ2) is 3.00. The van der Waals surface area contributed by atoms with Crippen LogP contribution >= 0.6 is 0 Å². The summed E-state index contributed by atoms with van der Waals surface area (Å²) in [7, 11) is 0. The Kier molecular flexibility index (Phi) is 2.21. The minimum absolute atomic E-state index is 0.0193. The van der Waals surface area contributed by atoms with E-state index in [1.54, 1.807) is 6.92 Å². The Balaban J connectivity index is 2.40. The molecule has 0 bridgehead atoms. The number of rotatable bonds is 3. The average Bonchev–Trinajstić information content (AvgIpc) is 2.29. The lowest BCUT2D eigenvalue weighted by Crippen LogP contribution is -2.29. The van der Waals surface area contributed by atoms with Crippen molar-refractivity contribution in [1.82, 2.24) is 5.32 Å². The van der Waals surface area contributed by atoms with Crippen molar-refractivity contribution in [2.75, 3.05) is 6.54 Å². The molecule has 1 saturated heterocycles. The molecule has 1 atom stereocenters. The average molecular weight is 173 g/mol. The van der Waals surface area contributed by atoms with Gasteiger partial charge in [0.2, 0.25) is 0 Å². The third-order valence-corrected chi connectivity index (χ3v) is 1.81. The zero-order chi connectivity index (χ0) is 9.19. The number of alkyl carbamates (subject to hydrolysis) is 1. The number of nitrogens with one attached hydrogen (secondary N) is 1. The van der Waals surface area contributed by atoms with E-state index in [1.807, 2.05) is 0 Å². The summed E-state index contributed by atoms with van der Waals surface area (Å²) in [6, 6.07) is 0. The molecule has 5 heteroatoms. The molecule has 1 aliphatic heterocycles. The minimum Gasteiger partial charge on any atom is -0.481 e. The molecule has 1 heterocycles. The van der Waals surface area contributed by atoms with Gasteiger partial charge in [0.05, 0.1) is 6.54 Å². The molecule has 12 heavy (non-hydrogen) atoms. The fraction of sp³-hybridized carbons (Fsp3) is 0.714. The molecule has 0 radical (unpaired) electrons. The molecule has 68 valence electrons. The van der Waals surface area contributed by atoms with Crippen LogP contribution in [0.4, 0.5) is 4.79 Å². The Morgan fingerprint density at radius 1 is 1.83 bits per heavy atom. The molecule has 1 aliphatic rings. The van der Waals surface area contributed by atoms with E-state index in [4.69, 9.17) is 9.84 Å². The van der Waals surface area contributed by atoms with Crippen molar-refractivity contribution in [3.8, 4) is 0 Å². The Morgan fingerprint density at radius 3 is 2.92 bits per heavy atom. The summed E-state index contributed by atoms with van der Waals surface area (Å²) in [5, 5.41) is 10.9. The van der Waals surface area contributed by atoms with Gasteiger partial charge < -0.3 is 15.2 Å². The number of carboxylic acids is 1. The quantitative estimate of drug-likeness (QED) is 0.645. The van der Waals surface area contributed by atoms with Crippen LogP contribution in [0.1, 0.15) is 19.8 Å². The van der Waals surface area contributed by atoms with E-state index >= 15 is 0 Å². The van der Waals surface area contributed by atoms with E-state index in [2.05, 4.69) is 5.32 Å². The third kappa shape index (κ3) is 2.11. The van der Waals surface area contributed by atoms with Crippen molar-refractivity contribution < 1.29 is 19.4 Å². The van der Waals surface area contributed by atoms with Gasteiger partial charge in [0.15, 0.2) is 0 Å². The van der Waals surface area contributed by atoms with E-state index < -0.39 is 17.7 Å². The number of hydrogen-bond acceptors (Lipinski definition) is 3. The van der Waals surface area contributed by atoms with Crippen molar-refractivity contribution in [2.24, 2.45) is 0 Å². The van der Waals surface area contributed by atoms with Gasteiger partial charge in [-0.25, -0.2) is 4.79 Å². The zero-order valence-electron chi connectivity index (χ0n) is 6.79. The van der Waals surface area contributed by atoms with Gasteiger partial charge in [-0.1, -0.05) is 0 Å². The number of carbonyl (C=O) groups is 2. The van der Waals surface area contributed by atoms with Crippen molar-refractivity contribution in [1.29, 1.82) is 0 Å². The molecule has 1 unspecified atom stereocenters. The maximum absolute atomic E-state index is 10.6. The number of hydrogen-bond donors (Lipinski definition) is 2. The number of cyclic esters (lactones) is 1. The van der Waals surface area contributed by atoms with E-state index in [0.717, 1.165) is 0 Å². The van der Waals surface area contributed by atoms with Crippen molar-refractivity contribution in [2.45, 2.75) is 25.4 Å². The Morgan fingerprint density at radius 2 is 2.50 bits per heavy atom. The maximum atomic E-state index is 10.6. The molecule has 5 nitrogen and oxygen atoms in total. The predicted octanol–water partition coefficient (Wildman–Crippen LogP) is 0.350. The summed E-state index contributed by atoms with van der Waals surface area (Å²) in [5.74, 6) is -0.876. The normalized spacial score (nSPS) is 27.9. The molecule has 0 aromatic heterocycles. The van der Waals surface area contributed by atoms with E-state index in [1.165, 1.54) is 0 Å². The number of carboxylic acid groups (broad SMARTS) is 1. The first-order valence-electron chi connectivity index (χ1n) is 3.70. The number of carbonyl (C=O) groups excluding carboxylic acids is 1. The lowest BCUT2D eigenvalue weighted by atomic mass is 10.0. The fourth-order valence-electron chi connectivity index (χ4n) is 1.07. The highest BCUT2D eigenvalue weighted by atomic mass is 16.6. The third-order valence-electron chi connectivity index (χ3n) is 1.81. The highest BCUT2D eigenvalue weighted by Gasteiger charge is 2.35. The number of ether oxygens (including phenoxy) is 1. The molecule has 0 spiro atoms. The molecular weight excluding hydrogens is 162 g/mol. The van der Waals surface area contributed by atoms with Crippen LogP contribution in [-0.4, -0.2) is 29.3 Å². The minimum atomic E-state index is -0.876. The van der Waals surface area contributed by atoms with Crippen LogP contribution < -0.4 is 5.32 Å². The molecule has 0 aliphatic carbocycles. The van der Waals surface area contributed by atoms with Crippen LogP contribution in [0.5, 0.6) is 0 Å². The monoisotopic (exact) mass is 173 g/mol. The lowest BCUT2D eigenvalue weighted by molar-refractivity contribution is -0.138. The summed E-state index contributed by atoms with van der Waals surface area (Å²) >= 11 is 0. The first-order valence-corrected chi connectivity index (χ1v) is 3.70. The van der Waals surface area contributed by atoms with Crippen molar-refractivity contribution >= 4 is 12.1 Å². The topological polar surface area (TPSA) is 75.6 Å². The fourth-order valence-corrected chi connectivity index (χ4v) is 1.07. The summed E-state index contributed by atoms with van der Waals surface area (Å²) in [6.07, 6.45) is -0.102. The predicted molar refractivity (Wildman–Crippen MR) is 39.8 cm³/mol. The highest BCUT2D eigenvalue weighted by Crippen LogP contribution is 2.20. The van der Waals surface area contributed by atoms with Gasteiger partial charge in [-0.3, -0.25) is 4.79 Å². The molecule has 2 N–H and O–H groups in total. The van der Waals surface area contributed by atoms with Crippen LogP contribution in [0.2, 0.25) is 0 Å². The second-order valence-electron chi connectivity index (χ2n) is 3.09. The van der Waals surface area contributed by atoms with Crippen LogP contribution in [-0.2, 0) is 9.53 Å². The van der Waals surface area contributed by atoms with Crippen molar-refractivity contribution in [3.63, 3.8) is 0 Å². The van der Waals surface area contributed by atoms with Gasteiger partial charge >= 0.3 is 12.1 Å². The standard InChI is InChI=1S/C7H11NO4/c1-7(3-2-5(9)10)4-8-6(11)12-7/h2-4H2,1H3,(H,8,11)(H,9,10). The highest BCUT2D eigenvalue weighted by molar-refractivity contribution is 5.70. The molecule has 1 amide bonds. The molecule has 1 rings (SSSR count). The molecule has 0 aromatic rings. The molecule has 0 saturated carbocycles. The maximum Gasteiger partial charge on any atom is 0.407 e. The number of amides is 1. The Labute approximate surface area is 69.7 Å². The van der Waals surface area contributed by atoms with E-state index in [9.17, 15) is 9.59 Å². The van der Waals surface area contributed by atoms with Gasteiger partial charge in [-0.15, -0.1) is 0 Å². The van der Waals surface area contributed by atoms with Crippen LogP contribution in [0.25, 0.3) is 0 Å². The Bertz CT molecular complexity index is 215. The lowest BCUT2D eigenvalue weighted by Gasteiger charge is -2.19.